The summed E-state index contributed by atoms with van der Waals surface area (Å²) in [7, 11) is 0. The Hall–Kier alpha value is -0.200. The molecule has 5 nitrogen and oxygen atoms in total. The molecule has 5 heteroatoms. The van der Waals surface area contributed by atoms with Gasteiger partial charge in [0.1, 0.15) is 0 Å². The van der Waals surface area contributed by atoms with E-state index in [-0.39, 0.29) is 0 Å². The molecule has 43 heavy (non-hydrogen) atoms. The number of hydrogen-bond acceptors (Lipinski definition) is 5. The average molecular weight is 615 g/mol. The molecule has 0 unspecified atom stereocenters. The molecule has 0 aromatic carbocycles. The predicted octanol–water partition coefficient (Wildman–Crippen LogP) is 11.3. The lowest BCUT2D eigenvalue weighted by atomic mass is 10.0. The second kappa shape index (κ2) is 41.8. The molecule has 260 valence electrons. The van der Waals surface area contributed by atoms with Crippen LogP contribution in [0.2, 0.25) is 0 Å². The molecule has 0 bridgehead atoms. The zero-order valence-corrected chi connectivity index (χ0v) is 29.5. The third-order valence-electron chi connectivity index (χ3n) is 8.27. The molecule has 0 rings (SSSR count). The van der Waals surface area contributed by atoms with Gasteiger partial charge in [-0.1, -0.05) is 168 Å². The van der Waals surface area contributed by atoms with E-state index in [1.54, 1.807) is 0 Å². The maximum atomic E-state index is 5.69. The van der Waals surface area contributed by atoms with Crippen molar-refractivity contribution in [1.82, 2.24) is 0 Å². The van der Waals surface area contributed by atoms with Crippen LogP contribution in [-0.2, 0) is 23.7 Å². The van der Waals surface area contributed by atoms with Gasteiger partial charge in [-0.25, -0.2) is 0 Å². The maximum Gasteiger partial charge on any atom is 0.0701 e. The molecule has 0 heterocycles. The van der Waals surface area contributed by atoms with E-state index in [4.69, 9.17) is 23.7 Å². The lowest BCUT2D eigenvalue weighted by molar-refractivity contribution is -0.0114. The van der Waals surface area contributed by atoms with Gasteiger partial charge in [0.2, 0.25) is 0 Å². The van der Waals surface area contributed by atoms with Gasteiger partial charge in [0.15, 0.2) is 0 Å². The van der Waals surface area contributed by atoms with Gasteiger partial charge in [0.25, 0.3) is 0 Å². The largest absolute Gasteiger partial charge is 0.379 e. The summed E-state index contributed by atoms with van der Waals surface area (Å²) < 4.78 is 28.1. The maximum absolute atomic E-state index is 5.69. The van der Waals surface area contributed by atoms with Crippen LogP contribution in [0.5, 0.6) is 0 Å². The van der Waals surface area contributed by atoms with Gasteiger partial charge in [-0.3, -0.25) is 0 Å². The standard InChI is InChI=1S/C38H78O5/c1-3-5-7-9-11-13-15-17-19-21-23-25-27-29-39-31-33-41-35-37-43-38-36-42-34-32-40-30-28-26-24-22-20-18-16-14-12-10-8-6-4-2/h3-38H2,1-2H3. The third kappa shape index (κ3) is 41.8. The Morgan fingerprint density at radius 1 is 0.186 bits per heavy atom. The number of hydrogen-bond donors (Lipinski definition) is 0. The quantitative estimate of drug-likeness (QED) is 0.0643. The molecule has 0 saturated heterocycles. The molecular formula is C38H78O5. The van der Waals surface area contributed by atoms with Crippen LogP contribution in [0.1, 0.15) is 181 Å². The van der Waals surface area contributed by atoms with Crippen LogP contribution >= 0.6 is 0 Å². The summed E-state index contributed by atoms with van der Waals surface area (Å²) in [5.74, 6) is 0. The molecule has 0 aromatic heterocycles. The highest BCUT2D eigenvalue weighted by Gasteiger charge is 1.97. The molecule has 0 aromatic rings. The smallest absolute Gasteiger partial charge is 0.0701 e. The average Bonchev–Trinajstić information content (AvgIpc) is 3.02. The van der Waals surface area contributed by atoms with Gasteiger partial charge in [-0.15, -0.1) is 0 Å². The van der Waals surface area contributed by atoms with Crippen LogP contribution in [0.25, 0.3) is 0 Å². The summed E-state index contributed by atoms with van der Waals surface area (Å²) in [5.41, 5.74) is 0. The van der Waals surface area contributed by atoms with Gasteiger partial charge in [-0.2, -0.15) is 0 Å². The van der Waals surface area contributed by atoms with Crippen LogP contribution in [-0.4, -0.2) is 66.1 Å². The van der Waals surface area contributed by atoms with Crippen molar-refractivity contribution >= 4 is 0 Å². The van der Waals surface area contributed by atoms with E-state index in [0.29, 0.717) is 52.9 Å². The Labute approximate surface area is 270 Å². The first-order valence-corrected chi connectivity index (χ1v) is 19.3. The Bertz CT molecular complexity index is 422. The molecular weight excluding hydrogens is 536 g/mol. The van der Waals surface area contributed by atoms with Gasteiger partial charge in [0.05, 0.1) is 52.9 Å². The van der Waals surface area contributed by atoms with E-state index in [1.165, 1.54) is 167 Å². The summed E-state index contributed by atoms with van der Waals surface area (Å²) in [6.45, 7) is 11.4. The Kier molecular flexibility index (Phi) is 41.6. The molecule has 0 fully saturated rings. The van der Waals surface area contributed by atoms with E-state index >= 15 is 0 Å². The predicted molar refractivity (Wildman–Crippen MR) is 185 cm³/mol. The Morgan fingerprint density at radius 2 is 0.349 bits per heavy atom. The van der Waals surface area contributed by atoms with Crippen molar-refractivity contribution in [2.45, 2.75) is 181 Å². The minimum atomic E-state index is 0.609. The number of rotatable bonds is 40. The molecule has 0 N–H and O–H groups in total. The van der Waals surface area contributed by atoms with E-state index in [0.717, 1.165) is 13.2 Å². The topological polar surface area (TPSA) is 46.2 Å². The molecule has 0 aliphatic rings. The highest BCUT2D eigenvalue weighted by molar-refractivity contribution is 4.50. The summed E-state index contributed by atoms with van der Waals surface area (Å²) in [6, 6.07) is 0. The van der Waals surface area contributed by atoms with E-state index in [2.05, 4.69) is 13.8 Å². The van der Waals surface area contributed by atoms with Crippen molar-refractivity contribution in [2.24, 2.45) is 0 Å². The zero-order valence-electron chi connectivity index (χ0n) is 29.5. The fourth-order valence-electron chi connectivity index (χ4n) is 5.43. The summed E-state index contributed by atoms with van der Waals surface area (Å²) in [4.78, 5) is 0. The summed E-state index contributed by atoms with van der Waals surface area (Å²) in [6.07, 6.45) is 36.0. The molecule has 0 saturated carbocycles. The van der Waals surface area contributed by atoms with E-state index in [9.17, 15) is 0 Å². The van der Waals surface area contributed by atoms with Crippen LogP contribution in [0.15, 0.2) is 0 Å². The molecule has 0 atom stereocenters. The molecule has 0 radical (unpaired) electrons. The van der Waals surface area contributed by atoms with Crippen molar-refractivity contribution in [3.63, 3.8) is 0 Å². The van der Waals surface area contributed by atoms with Crippen molar-refractivity contribution < 1.29 is 23.7 Å². The summed E-state index contributed by atoms with van der Waals surface area (Å²) >= 11 is 0. The minimum Gasteiger partial charge on any atom is -0.379 e. The monoisotopic (exact) mass is 615 g/mol. The molecule has 0 aliphatic carbocycles. The van der Waals surface area contributed by atoms with Crippen LogP contribution in [0, 0.1) is 0 Å². The van der Waals surface area contributed by atoms with Crippen LogP contribution in [0.4, 0.5) is 0 Å². The second-order valence-electron chi connectivity index (χ2n) is 12.5. The third-order valence-corrected chi connectivity index (χ3v) is 8.27. The molecule has 0 spiro atoms. The zero-order chi connectivity index (χ0) is 31.0. The molecule has 0 aliphatic heterocycles. The normalized spacial score (nSPS) is 11.6. The number of unbranched alkanes of at least 4 members (excludes halogenated alkanes) is 24. The van der Waals surface area contributed by atoms with Gasteiger partial charge < -0.3 is 23.7 Å². The van der Waals surface area contributed by atoms with Crippen molar-refractivity contribution in [3.8, 4) is 0 Å². The van der Waals surface area contributed by atoms with Crippen molar-refractivity contribution in [2.75, 3.05) is 66.1 Å². The Balaban J connectivity index is 3.02. The van der Waals surface area contributed by atoms with Gasteiger partial charge >= 0.3 is 0 Å². The van der Waals surface area contributed by atoms with Crippen LogP contribution in [0.3, 0.4) is 0 Å². The van der Waals surface area contributed by atoms with Crippen LogP contribution < -0.4 is 0 Å². The molecule has 0 amide bonds. The van der Waals surface area contributed by atoms with Crippen molar-refractivity contribution in [3.05, 3.63) is 0 Å². The first-order valence-electron chi connectivity index (χ1n) is 19.3. The van der Waals surface area contributed by atoms with E-state index in [1.807, 2.05) is 0 Å². The first kappa shape index (κ1) is 42.8. The highest BCUT2D eigenvalue weighted by atomic mass is 16.6. The fourth-order valence-corrected chi connectivity index (χ4v) is 5.43. The van der Waals surface area contributed by atoms with Crippen molar-refractivity contribution in [1.29, 1.82) is 0 Å². The SMILES string of the molecule is CCCCCCCCCCCCCCCOCCOCCOCCOCCOCCCCCCCCCCCCCCC. The van der Waals surface area contributed by atoms with E-state index < -0.39 is 0 Å². The highest BCUT2D eigenvalue weighted by Crippen LogP contribution is 2.13. The Morgan fingerprint density at radius 3 is 0.558 bits per heavy atom. The first-order chi connectivity index (χ1) is 21.4. The second-order valence-corrected chi connectivity index (χ2v) is 12.5. The lowest BCUT2D eigenvalue weighted by Crippen LogP contribution is -2.13. The minimum absolute atomic E-state index is 0.609. The van der Waals surface area contributed by atoms with Gasteiger partial charge in [-0.05, 0) is 12.8 Å². The summed E-state index contributed by atoms with van der Waals surface area (Å²) in [5, 5.41) is 0. The number of ether oxygens (including phenoxy) is 5. The fraction of sp³-hybridized carbons (Fsp3) is 1.00. The van der Waals surface area contributed by atoms with Gasteiger partial charge in [0, 0.05) is 13.2 Å². The lowest BCUT2D eigenvalue weighted by Gasteiger charge is -2.08.